The van der Waals surface area contributed by atoms with E-state index in [9.17, 15) is 13.6 Å². The van der Waals surface area contributed by atoms with Gasteiger partial charge in [-0.1, -0.05) is 22.9 Å². The maximum atomic E-state index is 16.3. The van der Waals surface area contributed by atoms with Gasteiger partial charge in [0.15, 0.2) is 10.9 Å². The summed E-state index contributed by atoms with van der Waals surface area (Å²) in [7, 11) is 1.28. The minimum atomic E-state index is -3.28. The van der Waals surface area contributed by atoms with Crippen LogP contribution >= 0.6 is 22.9 Å². The largest absolute Gasteiger partial charge is 0.467 e. The van der Waals surface area contributed by atoms with Gasteiger partial charge in [-0.25, -0.2) is 26.9 Å². The van der Waals surface area contributed by atoms with Crippen molar-refractivity contribution in [2.24, 2.45) is 5.92 Å². The topological polar surface area (TPSA) is 123 Å². The van der Waals surface area contributed by atoms with Gasteiger partial charge in [-0.2, -0.15) is 9.97 Å². The van der Waals surface area contributed by atoms with Gasteiger partial charge in [0.2, 0.25) is 5.91 Å². The number of fused-ring (bicyclic) bond motifs is 3. The summed E-state index contributed by atoms with van der Waals surface area (Å²) < 4.78 is 79.3. The van der Waals surface area contributed by atoms with E-state index in [0.717, 1.165) is 43.2 Å². The van der Waals surface area contributed by atoms with Crippen LogP contribution in [0.25, 0.3) is 32.2 Å². The van der Waals surface area contributed by atoms with E-state index < -0.39 is 42.9 Å². The molecule has 0 radical (unpaired) electrons. The zero-order chi connectivity index (χ0) is 35.8. The fourth-order valence-electron chi connectivity index (χ4n) is 7.77. The molecule has 1 amide bonds. The van der Waals surface area contributed by atoms with Gasteiger partial charge in [-0.15, -0.1) is 0 Å². The number of anilines is 2. The first-order valence-electron chi connectivity index (χ1n) is 17.0. The van der Waals surface area contributed by atoms with Crippen LogP contribution in [0, 0.1) is 17.6 Å². The Labute approximate surface area is 299 Å². The van der Waals surface area contributed by atoms with Crippen LogP contribution in [0.4, 0.5) is 32.9 Å². The van der Waals surface area contributed by atoms with Gasteiger partial charge in [-0.05, 0) is 62.8 Å². The second kappa shape index (κ2) is 13.1. The van der Waals surface area contributed by atoms with Crippen molar-refractivity contribution >= 4 is 60.9 Å². The molecule has 10 nitrogen and oxygen atoms in total. The van der Waals surface area contributed by atoms with Crippen molar-refractivity contribution in [1.29, 1.82) is 0 Å². The number of hydrogen-bond donors (Lipinski definition) is 2. The number of nitrogens with two attached hydrogens (primary N) is 1. The van der Waals surface area contributed by atoms with Crippen LogP contribution in [0.15, 0.2) is 18.2 Å². The summed E-state index contributed by atoms with van der Waals surface area (Å²) in [5.41, 5.74) is 5.79. The molecule has 5 fully saturated rings. The molecule has 4 saturated heterocycles. The van der Waals surface area contributed by atoms with Gasteiger partial charge in [0.25, 0.3) is 5.92 Å². The second-order valence-electron chi connectivity index (χ2n) is 14.0. The Kier molecular flexibility index (Phi) is 8.87. The summed E-state index contributed by atoms with van der Waals surface area (Å²) in [6.45, 7) is 0.373. The van der Waals surface area contributed by atoms with E-state index in [4.69, 9.17) is 22.1 Å². The number of methoxy groups -OCH3 is 1. The number of hydrogen-bond acceptors (Lipinski definition) is 10. The third-order valence-electron chi connectivity index (χ3n) is 10.4. The average molecular weight is 751 g/mol. The first kappa shape index (κ1) is 34.5. The van der Waals surface area contributed by atoms with Gasteiger partial charge in [0.05, 0.1) is 35.4 Å². The molecule has 6 heterocycles. The number of nitrogens with zero attached hydrogens (tertiary/aromatic N) is 6. The first-order chi connectivity index (χ1) is 24.4. The maximum absolute atomic E-state index is 16.3. The first-order valence-corrected chi connectivity index (χ1v) is 18.2. The molecule has 0 spiro atoms. The molecule has 4 aromatic rings. The molecule has 9 rings (SSSR count). The lowest BCUT2D eigenvalue weighted by atomic mass is 10.0. The number of thiazole rings is 1. The Bertz CT molecular complexity index is 2000. The van der Waals surface area contributed by atoms with Crippen molar-refractivity contribution in [3.05, 3.63) is 34.9 Å². The van der Waals surface area contributed by atoms with E-state index >= 15 is 13.2 Å². The smallest absolute Gasteiger partial charge is 0.318 e. The summed E-state index contributed by atoms with van der Waals surface area (Å²) in [5.74, 6) is -4.66. The van der Waals surface area contributed by atoms with Crippen LogP contribution in [0.3, 0.4) is 0 Å². The normalized spacial score (nSPS) is 25.9. The number of rotatable bonds is 5. The Morgan fingerprint density at radius 2 is 1.90 bits per heavy atom. The number of carbonyl (C=O) groups is 1. The minimum absolute atomic E-state index is 0.00902. The molecule has 2 aromatic heterocycles. The van der Waals surface area contributed by atoms with Crippen LogP contribution < -0.4 is 20.7 Å². The standard InChI is InChI=1S/C27H24ClF4N7O2S.C7H12FN/c1-41-26-36-19-13(8-14(28)16(17(19)30)12-4-5-15(29)22-20(12)35-25(33)42-22)23(37-26)38-6-7-39(10-27(31,32)9-38)24(40)21-18(34-21)11-2-3-11;8-6-4-7-2-1-3-9(7)5-6/h4-5,8,11,18,21,34H,2-3,6-7,9-10H2,1H3,(H2,33,35);6-7H,1-5H2. The van der Waals surface area contributed by atoms with Crippen LogP contribution in [0.1, 0.15) is 32.1 Å². The zero-order valence-corrected chi connectivity index (χ0v) is 29.2. The summed E-state index contributed by atoms with van der Waals surface area (Å²) in [4.78, 5) is 30.4. The van der Waals surface area contributed by atoms with E-state index in [-0.39, 0.29) is 79.3 Å². The zero-order valence-electron chi connectivity index (χ0n) is 27.7. The molecule has 5 aliphatic rings. The van der Waals surface area contributed by atoms with E-state index in [0.29, 0.717) is 18.5 Å². The average Bonchev–Trinajstić information content (AvgIpc) is 3.97. The molecular formula is C34H36ClF5N8O2S. The molecule has 4 unspecified atom stereocenters. The molecule has 1 saturated carbocycles. The highest BCUT2D eigenvalue weighted by Crippen LogP contribution is 2.44. The Morgan fingerprint density at radius 3 is 2.65 bits per heavy atom. The number of benzene rings is 2. The molecule has 4 aliphatic heterocycles. The van der Waals surface area contributed by atoms with Gasteiger partial charge < -0.3 is 20.3 Å². The molecule has 17 heteroatoms. The highest BCUT2D eigenvalue weighted by molar-refractivity contribution is 7.22. The number of amides is 1. The third kappa shape index (κ3) is 6.64. The third-order valence-corrected chi connectivity index (χ3v) is 11.6. The number of aromatic nitrogens is 3. The van der Waals surface area contributed by atoms with Crippen molar-refractivity contribution in [1.82, 2.24) is 30.1 Å². The summed E-state index contributed by atoms with van der Waals surface area (Å²) in [6, 6.07) is 3.88. The summed E-state index contributed by atoms with van der Waals surface area (Å²) in [6.07, 6.45) is 4.89. The molecule has 2 aromatic carbocycles. The van der Waals surface area contributed by atoms with E-state index in [1.165, 1.54) is 41.9 Å². The van der Waals surface area contributed by atoms with Crippen molar-refractivity contribution in [3.8, 4) is 17.1 Å². The highest BCUT2D eigenvalue weighted by Gasteiger charge is 2.53. The van der Waals surface area contributed by atoms with Crippen molar-refractivity contribution in [2.75, 3.05) is 57.0 Å². The maximum Gasteiger partial charge on any atom is 0.318 e. The molecular weight excluding hydrogens is 715 g/mol. The van der Waals surface area contributed by atoms with Crippen LogP contribution in [0.2, 0.25) is 5.02 Å². The predicted molar refractivity (Wildman–Crippen MR) is 185 cm³/mol. The van der Waals surface area contributed by atoms with E-state index in [2.05, 4.69) is 25.2 Å². The Morgan fingerprint density at radius 1 is 1.10 bits per heavy atom. The molecule has 51 heavy (non-hydrogen) atoms. The van der Waals surface area contributed by atoms with Gasteiger partial charge in [0.1, 0.15) is 29.4 Å². The van der Waals surface area contributed by atoms with Crippen LogP contribution in [0.5, 0.6) is 6.01 Å². The van der Waals surface area contributed by atoms with Crippen molar-refractivity contribution < 1.29 is 31.5 Å². The lowest BCUT2D eigenvalue weighted by Crippen LogP contribution is -2.44. The van der Waals surface area contributed by atoms with Gasteiger partial charge in [0, 0.05) is 48.2 Å². The molecule has 272 valence electrons. The van der Waals surface area contributed by atoms with Gasteiger partial charge >= 0.3 is 6.01 Å². The van der Waals surface area contributed by atoms with E-state index in [1.54, 1.807) is 0 Å². The number of ether oxygens (including phenoxy) is 1. The number of nitrogens with one attached hydrogen (secondary N) is 1. The Balaban J connectivity index is 0.000000359. The predicted octanol–water partition coefficient (Wildman–Crippen LogP) is 5.66. The van der Waals surface area contributed by atoms with E-state index in [1.807, 2.05) is 0 Å². The number of halogens is 6. The lowest BCUT2D eigenvalue weighted by Gasteiger charge is -2.26. The number of nitrogen functional groups attached to an aromatic ring is 1. The number of alkyl halides is 3. The molecule has 1 aliphatic carbocycles. The molecule has 4 atom stereocenters. The fraction of sp³-hybridized carbons (Fsp3) is 0.529. The molecule has 3 N–H and O–H groups in total. The van der Waals surface area contributed by atoms with Crippen LogP contribution in [-0.2, 0) is 4.79 Å². The van der Waals surface area contributed by atoms with Gasteiger partial charge in [-0.3, -0.25) is 15.0 Å². The summed E-state index contributed by atoms with van der Waals surface area (Å²) >= 11 is 7.53. The van der Waals surface area contributed by atoms with Crippen molar-refractivity contribution in [2.45, 2.75) is 62.3 Å². The fourth-order valence-corrected chi connectivity index (χ4v) is 8.83. The second-order valence-corrected chi connectivity index (χ2v) is 15.4. The molecule has 0 bridgehead atoms. The lowest BCUT2D eigenvalue weighted by molar-refractivity contribution is -0.134. The Hall–Kier alpha value is -3.60. The SMILES string of the molecule is COc1nc(N2CCN(C(=O)C3NC3C3CC3)CC(F)(F)C2)c2cc(Cl)c(-c3ccc(F)c4sc(N)nc34)c(F)c2n1.FC1CC2CCCN2C1. The number of carbonyl (C=O) groups excluding carboxylic acids is 1. The van der Waals surface area contributed by atoms with Crippen molar-refractivity contribution in [3.63, 3.8) is 0 Å². The monoisotopic (exact) mass is 750 g/mol. The quantitative estimate of drug-likeness (QED) is 0.197. The minimum Gasteiger partial charge on any atom is -0.467 e. The van der Waals surface area contributed by atoms with Crippen LogP contribution in [-0.4, -0.2) is 107 Å². The highest BCUT2D eigenvalue weighted by atomic mass is 35.5. The summed E-state index contributed by atoms with van der Waals surface area (Å²) in [5, 5.41) is 3.21.